The number of nitrogens with zero attached hydrogens (tertiary/aromatic N) is 2. The molecular formula is C17H19BrN2O5. The number of methoxy groups -OCH3 is 3. The molecule has 0 radical (unpaired) electrons. The van der Waals surface area contributed by atoms with Crippen molar-refractivity contribution in [3.05, 3.63) is 40.6 Å². The lowest BCUT2D eigenvalue weighted by Gasteiger charge is -2.24. The fourth-order valence-electron chi connectivity index (χ4n) is 2.36. The van der Waals surface area contributed by atoms with Crippen molar-refractivity contribution in [2.45, 2.75) is 0 Å². The normalized spacial score (nSPS) is 10.3. The van der Waals surface area contributed by atoms with Gasteiger partial charge in [-0.15, -0.1) is 0 Å². The second-order valence-corrected chi connectivity index (χ2v) is 5.87. The number of hydrogen-bond donors (Lipinski definition) is 1. The van der Waals surface area contributed by atoms with E-state index in [-0.39, 0.29) is 19.1 Å². The van der Waals surface area contributed by atoms with Crippen LogP contribution in [0.15, 0.2) is 35.1 Å². The van der Waals surface area contributed by atoms with Gasteiger partial charge in [-0.05, 0) is 22.0 Å². The van der Waals surface area contributed by atoms with Crippen molar-refractivity contribution in [3.63, 3.8) is 0 Å². The molecule has 0 aliphatic rings. The number of benzene rings is 1. The van der Waals surface area contributed by atoms with Crippen LogP contribution in [0.3, 0.4) is 0 Å². The third-order valence-electron chi connectivity index (χ3n) is 3.48. The van der Waals surface area contributed by atoms with Crippen molar-refractivity contribution in [1.29, 1.82) is 0 Å². The van der Waals surface area contributed by atoms with Crippen LogP contribution in [0.5, 0.6) is 17.2 Å². The summed E-state index contributed by atoms with van der Waals surface area (Å²) in [6, 6.07) is 4.97. The highest BCUT2D eigenvalue weighted by molar-refractivity contribution is 9.10. The highest BCUT2D eigenvalue weighted by Gasteiger charge is 2.22. The van der Waals surface area contributed by atoms with Gasteiger partial charge in [0.25, 0.3) is 5.91 Å². The maximum atomic E-state index is 12.9. The maximum Gasteiger partial charge on any atom is 0.259 e. The first-order valence-electron chi connectivity index (χ1n) is 7.39. The molecule has 0 aliphatic heterocycles. The summed E-state index contributed by atoms with van der Waals surface area (Å²) in [6.45, 7) is -0.103. The zero-order valence-corrected chi connectivity index (χ0v) is 15.7. The van der Waals surface area contributed by atoms with Crippen LogP contribution in [0.4, 0.5) is 5.69 Å². The summed E-state index contributed by atoms with van der Waals surface area (Å²) in [4.78, 5) is 18.3. The summed E-state index contributed by atoms with van der Waals surface area (Å²) in [5.74, 6) is 0.950. The van der Waals surface area contributed by atoms with E-state index in [2.05, 4.69) is 20.9 Å². The standard InChI is InChI=1S/C17H19BrN2O5/c1-23-14-7-13(8-15(24-2)16(14)25-3)20(4-5-21)17(22)11-6-12(18)10-19-9-11/h6-10,21H,4-5H2,1-3H3. The first kappa shape index (κ1) is 19.0. The number of carbonyl (C=O) groups is 1. The first-order valence-corrected chi connectivity index (χ1v) is 8.18. The average molecular weight is 411 g/mol. The van der Waals surface area contributed by atoms with Gasteiger partial charge < -0.3 is 24.2 Å². The van der Waals surface area contributed by atoms with E-state index in [1.165, 1.54) is 32.4 Å². The number of ether oxygens (including phenoxy) is 3. The van der Waals surface area contributed by atoms with E-state index in [0.29, 0.717) is 33.0 Å². The molecule has 0 saturated heterocycles. The zero-order chi connectivity index (χ0) is 18.4. The van der Waals surface area contributed by atoms with E-state index in [9.17, 15) is 9.90 Å². The molecule has 7 nitrogen and oxygen atoms in total. The van der Waals surface area contributed by atoms with Crippen LogP contribution in [0.2, 0.25) is 0 Å². The molecule has 0 aliphatic carbocycles. The molecule has 0 unspecified atom stereocenters. The molecule has 0 atom stereocenters. The summed E-state index contributed by atoms with van der Waals surface area (Å²) in [5.41, 5.74) is 0.894. The number of rotatable bonds is 7. The van der Waals surface area contributed by atoms with Gasteiger partial charge in [0.15, 0.2) is 11.5 Å². The van der Waals surface area contributed by atoms with E-state index >= 15 is 0 Å². The molecule has 1 aromatic heterocycles. The Labute approximate surface area is 154 Å². The SMILES string of the molecule is COc1cc(N(CCO)C(=O)c2cncc(Br)c2)cc(OC)c1OC. The number of carbonyl (C=O) groups excluding carboxylic acids is 1. The Kier molecular flexibility index (Phi) is 6.60. The van der Waals surface area contributed by atoms with Crippen LogP contribution in [0.25, 0.3) is 0 Å². The van der Waals surface area contributed by atoms with Gasteiger partial charge in [0.1, 0.15) is 0 Å². The van der Waals surface area contributed by atoms with Crippen LogP contribution in [0.1, 0.15) is 10.4 Å². The largest absolute Gasteiger partial charge is 0.493 e. The lowest BCUT2D eigenvalue weighted by atomic mass is 10.2. The Morgan fingerprint density at radius 1 is 1.12 bits per heavy atom. The molecule has 8 heteroatoms. The Balaban J connectivity index is 2.51. The molecule has 0 spiro atoms. The van der Waals surface area contributed by atoms with Crippen LogP contribution in [0, 0.1) is 0 Å². The van der Waals surface area contributed by atoms with Crippen LogP contribution in [-0.4, -0.2) is 50.5 Å². The number of hydrogen-bond acceptors (Lipinski definition) is 6. The van der Waals surface area contributed by atoms with Crippen molar-refractivity contribution in [1.82, 2.24) is 4.98 Å². The summed E-state index contributed by atoms with van der Waals surface area (Å²) in [6.07, 6.45) is 3.06. The third-order valence-corrected chi connectivity index (χ3v) is 3.92. The zero-order valence-electron chi connectivity index (χ0n) is 14.2. The maximum absolute atomic E-state index is 12.9. The van der Waals surface area contributed by atoms with Gasteiger partial charge in [0.2, 0.25) is 5.75 Å². The first-order chi connectivity index (χ1) is 12.0. The fraction of sp³-hybridized carbons (Fsp3) is 0.294. The summed E-state index contributed by atoms with van der Waals surface area (Å²) in [5, 5.41) is 9.40. The van der Waals surface area contributed by atoms with Gasteiger partial charge in [-0.3, -0.25) is 9.78 Å². The number of amides is 1. The Bertz CT molecular complexity index is 729. The molecule has 1 aromatic carbocycles. The van der Waals surface area contributed by atoms with Crippen molar-refractivity contribution in [3.8, 4) is 17.2 Å². The molecule has 1 N–H and O–H groups in total. The minimum absolute atomic E-state index is 0.101. The van der Waals surface area contributed by atoms with E-state index in [1.54, 1.807) is 24.4 Å². The van der Waals surface area contributed by atoms with Crippen LogP contribution in [-0.2, 0) is 0 Å². The monoisotopic (exact) mass is 410 g/mol. The van der Waals surface area contributed by atoms with Gasteiger partial charge in [0.05, 0.1) is 39.2 Å². The van der Waals surface area contributed by atoms with Gasteiger partial charge in [-0.25, -0.2) is 0 Å². The molecular weight excluding hydrogens is 392 g/mol. The minimum Gasteiger partial charge on any atom is -0.493 e. The molecule has 0 saturated carbocycles. The van der Waals surface area contributed by atoms with Crippen molar-refractivity contribution in [2.24, 2.45) is 0 Å². The number of aliphatic hydroxyl groups is 1. The lowest BCUT2D eigenvalue weighted by Crippen LogP contribution is -2.33. The summed E-state index contributed by atoms with van der Waals surface area (Å²) >= 11 is 3.30. The van der Waals surface area contributed by atoms with Crippen LogP contribution >= 0.6 is 15.9 Å². The molecule has 134 valence electrons. The fourth-order valence-corrected chi connectivity index (χ4v) is 2.72. The van der Waals surface area contributed by atoms with Crippen molar-refractivity contribution in [2.75, 3.05) is 39.4 Å². The van der Waals surface area contributed by atoms with Crippen LogP contribution < -0.4 is 19.1 Å². The number of halogens is 1. The lowest BCUT2D eigenvalue weighted by molar-refractivity contribution is 0.0980. The molecule has 0 fully saturated rings. The predicted molar refractivity (Wildman–Crippen MR) is 96.8 cm³/mol. The van der Waals surface area contributed by atoms with E-state index in [1.807, 2.05) is 0 Å². The number of aromatic nitrogens is 1. The molecule has 0 bridgehead atoms. The van der Waals surface area contributed by atoms with Gasteiger partial charge in [0, 0.05) is 35.5 Å². The molecule has 2 aromatic rings. The molecule has 1 amide bonds. The quantitative estimate of drug-likeness (QED) is 0.754. The second-order valence-electron chi connectivity index (χ2n) is 4.96. The van der Waals surface area contributed by atoms with Gasteiger partial charge >= 0.3 is 0 Å². The smallest absolute Gasteiger partial charge is 0.259 e. The summed E-state index contributed by atoms with van der Waals surface area (Å²) in [7, 11) is 4.50. The average Bonchev–Trinajstić information content (AvgIpc) is 2.64. The molecule has 2 rings (SSSR count). The van der Waals surface area contributed by atoms with Crippen molar-refractivity contribution < 1.29 is 24.1 Å². The highest BCUT2D eigenvalue weighted by atomic mass is 79.9. The number of aliphatic hydroxyl groups excluding tert-OH is 1. The Morgan fingerprint density at radius 2 is 1.76 bits per heavy atom. The Hall–Kier alpha value is -2.32. The third kappa shape index (κ3) is 4.21. The van der Waals surface area contributed by atoms with Gasteiger partial charge in [-0.2, -0.15) is 0 Å². The Morgan fingerprint density at radius 3 is 2.24 bits per heavy atom. The predicted octanol–water partition coefficient (Wildman–Crippen LogP) is 2.51. The van der Waals surface area contributed by atoms with E-state index < -0.39 is 0 Å². The van der Waals surface area contributed by atoms with E-state index in [0.717, 1.165) is 0 Å². The highest BCUT2D eigenvalue weighted by Crippen LogP contribution is 2.41. The molecule has 25 heavy (non-hydrogen) atoms. The summed E-state index contributed by atoms with van der Waals surface area (Å²) < 4.78 is 16.6. The topological polar surface area (TPSA) is 81.1 Å². The second kappa shape index (κ2) is 8.68. The van der Waals surface area contributed by atoms with E-state index in [4.69, 9.17) is 14.2 Å². The van der Waals surface area contributed by atoms with Crippen molar-refractivity contribution >= 4 is 27.5 Å². The number of anilines is 1. The molecule has 1 heterocycles. The number of pyridine rings is 1. The van der Waals surface area contributed by atoms with Gasteiger partial charge in [-0.1, -0.05) is 0 Å². The minimum atomic E-state index is -0.308.